The zero-order valence-corrected chi connectivity index (χ0v) is 11.7. The van der Waals surface area contributed by atoms with E-state index in [4.69, 9.17) is 4.74 Å². The Balaban J connectivity index is 1.69. The lowest BCUT2D eigenvalue weighted by Crippen LogP contribution is -2.15. The van der Waals surface area contributed by atoms with Crippen LogP contribution in [0.5, 0.6) is 0 Å². The van der Waals surface area contributed by atoms with Crippen LogP contribution in [-0.2, 0) is 11.3 Å². The van der Waals surface area contributed by atoms with Gasteiger partial charge in [0.25, 0.3) is 0 Å². The highest BCUT2D eigenvalue weighted by molar-refractivity contribution is 9.10. The van der Waals surface area contributed by atoms with E-state index in [2.05, 4.69) is 45.5 Å². The van der Waals surface area contributed by atoms with Gasteiger partial charge in [-0.05, 0) is 56.0 Å². The Hall–Kier alpha value is -0.380. The first-order chi connectivity index (χ1) is 8.34. The highest BCUT2D eigenvalue weighted by atomic mass is 79.9. The summed E-state index contributed by atoms with van der Waals surface area (Å²) in [5, 5.41) is 3.43. The summed E-state index contributed by atoms with van der Waals surface area (Å²) in [6.45, 7) is 3.95. The van der Waals surface area contributed by atoms with Crippen molar-refractivity contribution in [3.05, 3.63) is 34.3 Å². The highest BCUT2D eigenvalue weighted by Gasteiger charge is 2.11. The fourth-order valence-corrected chi connectivity index (χ4v) is 2.45. The molecule has 94 valence electrons. The zero-order valence-electron chi connectivity index (χ0n) is 10.1. The van der Waals surface area contributed by atoms with E-state index in [1.807, 2.05) is 0 Å². The van der Waals surface area contributed by atoms with E-state index in [-0.39, 0.29) is 0 Å². The van der Waals surface area contributed by atoms with Crippen molar-refractivity contribution in [3.63, 3.8) is 0 Å². The summed E-state index contributed by atoms with van der Waals surface area (Å²) >= 11 is 3.44. The molecule has 1 N–H and O–H groups in total. The second kappa shape index (κ2) is 7.14. The van der Waals surface area contributed by atoms with Crippen molar-refractivity contribution < 1.29 is 4.74 Å². The molecule has 1 aromatic carbocycles. The monoisotopic (exact) mass is 297 g/mol. The normalized spacial score (nSPS) is 21.1. The van der Waals surface area contributed by atoms with Gasteiger partial charge in [0.2, 0.25) is 0 Å². The number of hydrogen-bond donors (Lipinski definition) is 1. The molecule has 2 nitrogen and oxygen atoms in total. The van der Waals surface area contributed by atoms with Crippen molar-refractivity contribution in [1.29, 1.82) is 0 Å². The van der Waals surface area contributed by atoms with Gasteiger partial charge in [0.15, 0.2) is 0 Å². The lowest BCUT2D eigenvalue weighted by Gasteiger charge is -2.13. The number of benzene rings is 1. The number of ether oxygens (including phenoxy) is 1. The summed E-state index contributed by atoms with van der Waals surface area (Å²) < 4.78 is 6.93. The molecular weight excluding hydrogens is 278 g/mol. The molecule has 17 heavy (non-hydrogen) atoms. The molecule has 0 saturated carbocycles. The van der Waals surface area contributed by atoms with Crippen LogP contribution in [0.15, 0.2) is 28.7 Å². The van der Waals surface area contributed by atoms with E-state index < -0.39 is 0 Å². The standard InChI is InChI=1S/C14H20BrNO/c15-14-5-3-13(4-6-14)11-17-10-12-2-1-8-16-9-7-12/h3-6,12,16H,1-2,7-11H2. The lowest BCUT2D eigenvalue weighted by atomic mass is 10.0. The first kappa shape index (κ1) is 13.1. The minimum atomic E-state index is 0.733. The van der Waals surface area contributed by atoms with Gasteiger partial charge in [-0.15, -0.1) is 0 Å². The van der Waals surface area contributed by atoms with Crippen molar-refractivity contribution in [2.45, 2.75) is 25.9 Å². The van der Waals surface area contributed by atoms with Crippen LogP contribution in [0.1, 0.15) is 24.8 Å². The van der Waals surface area contributed by atoms with Crippen LogP contribution in [0.4, 0.5) is 0 Å². The molecule has 1 aromatic rings. The summed E-state index contributed by atoms with van der Waals surface area (Å²) in [7, 11) is 0. The summed E-state index contributed by atoms with van der Waals surface area (Å²) in [5.41, 5.74) is 1.25. The number of hydrogen-bond acceptors (Lipinski definition) is 2. The minimum Gasteiger partial charge on any atom is -0.376 e. The van der Waals surface area contributed by atoms with Crippen LogP contribution >= 0.6 is 15.9 Å². The Bertz CT molecular complexity index is 317. The molecule has 1 aliphatic rings. The first-order valence-electron chi connectivity index (χ1n) is 6.37. The van der Waals surface area contributed by atoms with Crippen LogP contribution in [0.2, 0.25) is 0 Å². The fourth-order valence-electron chi connectivity index (χ4n) is 2.18. The van der Waals surface area contributed by atoms with Crippen LogP contribution in [-0.4, -0.2) is 19.7 Å². The van der Waals surface area contributed by atoms with Crippen molar-refractivity contribution in [1.82, 2.24) is 5.32 Å². The van der Waals surface area contributed by atoms with Crippen LogP contribution in [0.3, 0.4) is 0 Å². The summed E-state index contributed by atoms with van der Waals surface area (Å²) in [5.74, 6) is 0.737. The van der Waals surface area contributed by atoms with Crippen LogP contribution < -0.4 is 5.32 Å². The Morgan fingerprint density at radius 1 is 1.18 bits per heavy atom. The topological polar surface area (TPSA) is 21.3 Å². The van der Waals surface area contributed by atoms with E-state index in [1.54, 1.807) is 0 Å². The van der Waals surface area contributed by atoms with Crippen LogP contribution in [0.25, 0.3) is 0 Å². The second-order valence-electron chi connectivity index (χ2n) is 4.69. The lowest BCUT2D eigenvalue weighted by molar-refractivity contribution is 0.0829. The molecule has 1 heterocycles. The third-order valence-electron chi connectivity index (χ3n) is 3.23. The first-order valence-corrected chi connectivity index (χ1v) is 7.17. The van der Waals surface area contributed by atoms with E-state index in [0.29, 0.717) is 0 Å². The third kappa shape index (κ3) is 4.78. The van der Waals surface area contributed by atoms with Gasteiger partial charge in [-0.1, -0.05) is 28.1 Å². The molecule has 0 aromatic heterocycles. The molecule has 1 fully saturated rings. The average Bonchev–Trinajstić information content (AvgIpc) is 2.60. The van der Waals surface area contributed by atoms with Gasteiger partial charge in [-0.25, -0.2) is 0 Å². The average molecular weight is 298 g/mol. The van der Waals surface area contributed by atoms with Gasteiger partial charge in [0.05, 0.1) is 6.61 Å². The summed E-state index contributed by atoms with van der Waals surface area (Å²) in [6, 6.07) is 8.35. The maximum Gasteiger partial charge on any atom is 0.0717 e. The van der Waals surface area contributed by atoms with Gasteiger partial charge in [0.1, 0.15) is 0 Å². The largest absolute Gasteiger partial charge is 0.376 e. The molecule has 0 bridgehead atoms. The maximum atomic E-state index is 5.81. The molecule has 1 saturated heterocycles. The molecule has 0 spiro atoms. The molecule has 1 unspecified atom stereocenters. The Morgan fingerprint density at radius 3 is 2.82 bits per heavy atom. The predicted molar refractivity (Wildman–Crippen MR) is 74.0 cm³/mol. The molecule has 2 rings (SSSR count). The van der Waals surface area contributed by atoms with Gasteiger partial charge >= 0.3 is 0 Å². The molecule has 3 heteroatoms. The van der Waals surface area contributed by atoms with E-state index >= 15 is 0 Å². The molecule has 0 radical (unpaired) electrons. The number of halogens is 1. The van der Waals surface area contributed by atoms with Crippen molar-refractivity contribution in [2.75, 3.05) is 19.7 Å². The van der Waals surface area contributed by atoms with Crippen molar-refractivity contribution >= 4 is 15.9 Å². The second-order valence-corrected chi connectivity index (χ2v) is 5.60. The number of nitrogens with one attached hydrogen (secondary N) is 1. The molecule has 0 amide bonds. The molecular formula is C14H20BrNO. The SMILES string of the molecule is Brc1ccc(COCC2CCCNCC2)cc1. The van der Waals surface area contributed by atoms with E-state index in [9.17, 15) is 0 Å². The maximum absolute atomic E-state index is 5.81. The summed E-state index contributed by atoms with van der Waals surface area (Å²) in [6.07, 6.45) is 3.83. The fraction of sp³-hybridized carbons (Fsp3) is 0.571. The van der Waals surface area contributed by atoms with Gasteiger partial charge in [-0.3, -0.25) is 0 Å². The summed E-state index contributed by atoms with van der Waals surface area (Å²) in [4.78, 5) is 0. The molecule has 0 aliphatic carbocycles. The Kier molecular flexibility index (Phi) is 5.49. The molecule has 1 aliphatic heterocycles. The highest BCUT2D eigenvalue weighted by Crippen LogP contribution is 2.15. The molecule has 1 atom stereocenters. The smallest absolute Gasteiger partial charge is 0.0717 e. The minimum absolute atomic E-state index is 0.733. The van der Waals surface area contributed by atoms with Crippen molar-refractivity contribution in [2.24, 2.45) is 5.92 Å². The Labute approximate surface area is 112 Å². The van der Waals surface area contributed by atoms with Crippen molar-refractivity contribution in [3.8, 4) is 0 Å². The number of rotatable bonds is 4. The van der Waals surface area contributed by atoms with E-state index in [0.717, 1.165) is 30.1 Å². The van der Waals surface area contributed by atoms with Gasteiger partial charge < -0.3 is 10.1 Å². The van der Waals surface area contributed by atoms with Gasteiger partial charge in [-0.2, -0.15) is 0 Å². The quantitative estimate of drug-likeness (QED) is 0.920. The third-order valence-corrected chi connectivity index (χ3v) is 3.76. The van der Waals surface area contributed by atoms with Crippen LogP contribution in [0, 0.1) is 5.92 Å². The van der Waals surface area contributed by atoms with E-state index in [1.165, 1.54) is 31.4 Å². The zero-order chi connectivity index (χ0) is 11.9. The Morgan fingerprint density at radius 2 is 2.00 bits per heavy atom. The van der Waals surface area contributed by atoms with Gasteiger partial charge in [0, 0.05) is 11.1 Å². The predicted octanol–water partition coefficient (Wildman–Crippen LogP) is 3.36.